The molecule has 0 aromatic heterocycles. The number of aliphatic hydroxyl groups is 2. The number of carbonyl (C=O) groups excluding carboxylic acids is 1. The Morgan fingerprint density at radius 2 is 0.644 bits per heavy atom. The van der Waals surface area contributed by atoms with Gasteiger partial charge in [0.05, 0.1) is 18.8 Å². The van der Waals surface area contributed by atoms with Crippen LogP contribution < -0.4 is 5.32 Å². The summed E-state index contributed by atoms with van der Waals surface area (Å²) in [4.78, 5) is 12.5. The van der Waals surface area contributed by atoms with E-state index < -0.39 is 12.1 Å². The van der Waals surface area contributed by atoms with E-state index in [1.807, 2.05) is 0 Å². The van der Waals surface area contributed by atoms with Gasteiger partial charge in [-0.05, 0) is 38.5 Å². The minimum Gasteiger partial charge on any atom is -0.394 e. The second kappa shape index (κ2) is 51.5. The van der Waals surface area contributed by atoms with Crippen LogP contribution in [0.2, 0.25) is 0 Å². The first kappa shape index (κ1) is 58.1. The molecule has 0 spiro atoms. The second-order valence-electron chi connectivity index (χ2n) is 19.0. The summed E-state index contributed by atoms with van der Waals surface area (Å²) in [5.74, 6) is -0.0278. The monoisotopic (exact) mass is 832 g/mol. The average Bonchev–Trinajstić information content (AvgIpc) is 3.24. The molecule has 0 aromatic carbocycles. The summed E-state index contributed by atoms with van der Waals surface area (Å²) in [5, 5.41) is 23.3. The Labute approximate surface area is 371 Å². The van der Waals surface area contributed by atoms with E-state index in [1.165, 1.54) is 263 Å². The molecule has 0 saturated heterocycles. The van der Waals surface area contributed by atoms with E-state index in [0.29, 0.717) is 12.8 Å². The molecular weight excluding hydrogens is 723 g/mol. The first-order valence-electron chi connectivity index (χ1n) is 27.4. The van der Waals surface area contributed by atoms with Gasteiger partial charge >= 0.3 is 0 Å². The molecule has 59 heavy (non-hydrogen) atoms. The fourth-order valence-electron chi connectivity index (χ4n) is 8.83. The molecular formula is C55H109NO3. The zero-order chi connectivity index (χ0) is 42.8. The number of hydrogen-bond donors (Lipinski definition) is 3. The summed E-state index contributed by atoms with van der Waals surface area (Å²) in [7, 11) is 0. The average molecular weight is 832 g/mol. The van der Waals surface area contributed by atoms with Gasteiger partial charge in [-0.1, -0.05) is 283 Å². The maximum Gasteiger partial charge on any atom is 0.220 e. The Morgan fingerprint density at radius 1 is 0.390 bits per heavy atom. The van der Waals surface area contributed by atoms with Crippen molar-refractivity contribution in [1.82, 2.24) is 5.32 Å². The van der Waals surface area contributed by atoms with Gasteiger partial charge in [0, 0.05) is 6.42 Å². The zero-order valence-corrected chi connectivity index (χ0v) is 40.6. The van der Waals surface area contributed by atoms with Crippen LogP contribution in [0, 0.1) is 0 Å². The Kier molecular flexibility index (Phi) is 50.7. The molecule has 0 fully saturated rings. The topological polar surface area (TPSA) is 69.6 Å². The summed E-state index contributed by atoms with van der Waals surface area (Å²) in [6.07, 6.45) is 66.2. The van der Waals surface area contributed by atoms with Gasteiger partial charge in [0.25, 0.3) is 0 Å². The number of aliphatic hydroxyl groups excluding tert-OH is 2. The summed E-state index contributed by atoms with van der Waals surface area (Å²) >= 11 is 0. The van der Waals surface area contributed by atoms with Crippen LogP contribution in [0.15, 0.2) is 12.2 Å². The van der Waals surface area contributed by atoms with Crippen molar-refractivity contribution < 1.29 is 15.0 Å². The lowest BCUT2D eigenvalue weighted by atomic mass is 10.0. The highest BCUT2D eigenvalue weighted by Crippen LogP contribution is 2.18. The molecule has 0 heterocycles. The number of nitrogens with one attached hydrogen (secondary N) is 1. The molecule has 352 valence electrons. The van der Waals surface area contributed by atoms with E-state index in [2.05, 4.69) is 31.3 Å². The Balaban J connectivity index is 3.43. The number of rotatable bonds is 51. The minimum atomic E-state index is -0.658. The maximum atomic E-state index is 12.5. The van der Waals surface area contributed by atoms with E-state index in [9.17, 15) is 15.0 Å². The number of amides is 1. The maximum absolute atomic E-state index is 12.5. The molecule has 2 atom stereocenters. The molecule has 0 saturated carbocycles. The number of allylic oxidation sites excluding steroid dienone is 2. The predicted molar refractivity (Wildman–Crippen MR) is 263 cm³/mol. The Bertz CT molecular complexity index is 814. The van der Waals surface area contributed by atoms with Crippen LogP contribution in [0.5, 0.6) is 0 Å². The van der Waals surface area contributed by atoms with Crippen LogP contribution in [0.4, 0.5) is 0 Å². The van der Waals surface area contributed by atoms with Crippen molar-refractivity contribution in [2.75, 3.05) is 6.61 Å². The first-order valence-corrected chi connectivity index (χ1v) is 27.4. The third kappa shape index (κ3) is 48.0. The summed E-state index contributed by atoms with van der Waals surface area (Å²) in [6, 6.07) is -0.535. The Hall–Kier alpha value is -0.870. The zero-order valence-electron chi connectivity index (χ0n) is 40.6. The van der Waals surface area contributed by atoms with Crippen molar-refractivity contribution in [1.29, 1.82) is 0 Å². The van der Waals surface area contributed by atoms with Crippen LogP contribution in [0.25, 0.3) is 0 Å². The van der Waals surface area contributed by atoms with Crippen molar-refractivity contribution in [3.05, 3.63) is 12.2 Å². The molecule has 0 rings (SSSR count). The number of hydrogen-bond acceptors (Lipinski definition) is 3. The third-order valence-electron chi connectivity index (χ3n) is 13.0. The fraction of sp³-hybridized carbons (Fsp3) is 0.945. The van der Waals surface area contributed by atoms with Crippen molar-refractivity contribution in [3.8, 4) is 0 Å². The van der Waals surface area contributed by atoms with Gasteiger partial charge in [0.2, 0.25) is 5.91 Å². The molecule has 4 heteroatoms. The van der Waals surface area contributed by atoms with Gasteiger partial charge in [0.15, 0.2) is 0 Å². The van der Waals surface area contributed by atoms with Gasteiger partial charge < -0.3 is 15.5 Å². The minimum absolute atomic E-state index is 0.0278. The van der Waals surface area contributed by atoms with Crippen molar-refractivity contribution in [3.63, 3.8) is 0 Å². The summed E-state index contributed by atoms with van der Waals surface area (Å²) < 4.78 is 0. The lowest BCUT2D eigenvalue weighted by molar-refractivity contribution is -0.123. The van der Waals surface area contributed by atoms with Gasteiger partial charge in [-0.2, -0.15) is 0 Å². The summed E-state index contributed by atoms with van der Waals surface area (Å²) in [6.45, 7) is 4.39. The number of unbranched alkanes of at least 4 members (excludes halogenated alkanes) is 42. The lowest BCUT2D eigenvalue weighted by Gasteiger charge is -2.22. The van der Waals surface area contributed by atoms with E-state index in [0.717, 1.165) is 25.7 Å². The Morgan fingerprint density at radius 3 is 0.932 bits per heavy atom. The van der Waals surface area contributed by atoms with Crippen LogP contribution in [-0.2, 0) is 4.79 Å². The second-order valence-corrected chi connectivity index (χ2v) is 19.0. The number of carbonyl (C=O) groups is 1. The lowest BCUT2D eigenvalue weighted by Crippen LogP contribution is -2.45. The highest BCUT2D eigenvalue weighted by atomic mass is 16.3. The van der Waals surface area contributed by atoms with Crippen LogP contribution in [0.3, 0.4) is 0 Å². The predicted octanol–water partition coefficient (Wildman–Crippen LogP) is 17.8. The molecule has 0 radical (unpaired) electrons. The highest BCUT2D eigenvalue weighted by molar-refractivity contribution is 5.76. The molecule has 0 bridgehead atoms. The van der Waals surface area contributed by atoms with Crippen molar-refractivity contribution in [2.24, 2.45) is 0 Å². The standard InChI is InChI=1S/C55H109NO3/c1-3-5-7-9-11-13-15-17-19-21-23-25-26-27-28-29-31-32-34-36-38-40-42-44-46-48-50-54(58)53(52-57)56-55(59)51-49-47-45-43-41-39-37-35-33-30-24-22-20-18-16-14-12-10-8-6-4-2/h22,24,53-54,57-58H,3-21,23,25-52H2,1-2H3,(H,56,59)/b24-22-. The van der Waals surface area contributed by atoms with Crippen molar-refractivity contribution >= 4 is 5.91 Å². The molecule has 2 unspecified atom stereocenters. The molecule has 0 aliphatic heterocycles. The van der Waals surface area contributed by atoms with Crippen LogP contribution in [0.1, 0.15) is 316 Å². The van der Waals surface area contributed by atoms with Gasteiger partial charge in [-0.15, -0.1) is 0 Å². The van der Waals surface area contributed by atoms with Gasteiger partial charge in [-0.25, -0.2) is 0 Å². The molecule has 0 aliphatic rings. The van der Waals surface area contributed by atoms with E-state index in [-0.39, 0.29) is 12.5 Å². The van der Waals surface area contributed by atoms with E-state index in [1.54, 1.807) is 0 Å². The van der Waals surface area contributed by atoms with E-state index in [4.69, 9.17) is 0 Å². The van der Waals surface area contributed by atoms with Gasteiger partial charge in [-0.3, -0.25) is 4.79 Å². The molecule has 1 amide bonds. The smallest absolute Gasteiger partial charge is 0.220 e. The molecule has 4 nitrogen and oxygen atoms in total. The van der Waals surface area contributed by atoms with E-state index >= 15 is 0 Å². The molecule has 0 aromatic rings. The van der Waals surface area contributed by atoms with Crippen LogP contribution >= 0.6 is 0 Å². The quantitative estimate of drug-likeness (QED) is 0.0422. The van der Waals surface area contributed by atoms with Crippen molar-refractivity contribution in [2.45, 2.75) is 328 Å². The SMILES string of the molecule is CCCCCCCCCC/C=C\CCCCCCCCCCCC(=O)NC(CO)C(O)CCCCCCCCCCCCCCCCCCCCCCCCCCCC. The molecule has 3 N–H and O–H groups in total. The largest absolute Gasteiger partial charge is 0.394 e. The van der Waals surface area contributed by atoms with Gasteiger partial charge in [0.1, 0.15) is 0 Å². The van der Waals surface area contributed by atoms with Crippen LogP contribution in [-0.4, -0.2) is 34.9 Å². The third-order valence-corrected chi connectivity index (χ3v) is 13.0. The summed E-state index contributed by atoms with van der Waals surface area (Å²) in [5.41, 5.74) is 0. The fourth-order valence-corrected chi connectivity index (χ4v) is 8.83. The normalized spacial score (nSPS) is 12.8. The first-order chi connectivity index (χ1) is 29.2. The highest BCUT2D eigenvalue weighted by Gasteiger charge is 2.20. The molecule has 0 aliphatic carbocycles.